The van der Waals surface area contributed by atoms with Gasteiger partial charge >= 0.3 is 0 Å². The predicted octanol–water partition coefficient (Wildman–Crippen LogP) is 1.61. The molecule has 0 radical (unpaired) electrons. The molecule has 164 valence electrons. The van der Waals surface area contributed by atoms with E-state index in [-0.39, 0.29) is 24.5 Å². The van der Waals surface area contributed by atoms with Gasteiger partial charge in [-0.1, -0.05) is 0 Å². The van der Waals surface area contributed by atoms with Gasteiger partial charge in [-0.25, -0.2) is 15.0 Å². The molecule has 0 bridgehead atoms. The molecule has 0 saturated carbocycles. The summed E-state index contributed by atoms with van der Waals surface area (Å²) in [6, 6.07) is 0. The Kier molecular flexibility index (Phi) is 4.90. The van der Waals surface area contributed by atoms with Crippen LogP contribution in [0.15, 0.2) is 22.9 Å². The van der Waals surface area contributed by atoms with Crippen LogP contribution in [0.2, 0.25) is 0 Å². The molecule has 2 aromatic heterocycles. The molecule has 0 aromatic carbocycles. The summed E-state index contributed by atoms with van der Waals surface area (Å²) in [7, 11) is 0. The molecule has 11 heteroatoms. The lowest BCUT2D eigenvalue weighted by molar-refractivity contribution is -0.199. The largest absolute Gasteiger partial charge is 0.394 e. The van der Waals surface area contributed by atoms with Crippen molar-refractivity contribution >= 4 is 17.0 Å². The number of anilines is 1. The highest BCUT2D eigenvalue weighted by molar-refractivity contribution is 5.82. The number of rotatable bonds is 8. The van der Waals surface area contributed by atoms with E-state index >= 15 is 0 Å². The highest BCUT2D eigenvalue weighted by atomic mass is 16.8. The van der Waals surface area contributed by atoms with Crippen molar-refractivity contribution < 1.29 is 19.3 Å². The Morgan fingerprint density at radius 1 is 1.19 bits per heavy atom. The van der Waals surface area contributed by atoms with Gasteiger partial charge in [0.15, 0.2) is 34.7 Å². The van der Waals surface area contributed by atoms with Crippen LogP contribution in [0.25, 0.3) is 11.2 Å². The average molecular weight is 427 g/mol. The summed E-state index contributed by atoms with van der Waals surface area (Å²) in [5, 5.41) is 21.3. The summed E-state index contributed by atoms with van der Waals surface area (Å²) in [5.41, 5.74) is 0.871. The van der Waals surface area contributed by atoms with Gasteiger partial charge in [0.25, 0.3) is 0 Å². The molecule has 3 aliphatic rings. The van der Waals surface area contributed by atoms with Crippen LogP contribution in [-0.2, 0) is 14.2 Å². The first-order chi connectivity index (χ1) is 15.0. The van der Waals surface area contributed by atoms with Crippen LogP contribution in [-0.4, -0.2) is 67.5 Å². The average Bonchev–Trinajstić information content (AvgIpc) is 3.08. The third-order valence-corrected chi connectivity index (χ3v) is 5.81. The minimum absolute atomic E-state index is 0.164. The second kappa shape index (κ2) is 7.49. The standard InChI is InChI=1S/C20H25N7O4/c1-4-5-6-20(25-26-20)7-8-21-16-13-17(23-10-22-16)27(11-24-13)18-15-14(12(9-28)29-18)30-19(2,3)31-15/h1,10-12,14-15,18,28H,5-9H2,2-3H3,(H,21,22,23). The molecule has 5 rings (SSSR count). The van der Waals surface area contributed by atoms with E-state index in [4.69, 9.17) is 20.6 Å². The van der Waals surface area contributed by atoms with E-state index in [9.17, 15) is 5.11 Å². The number of nitrogens with one attached hydrogen (secondary N) is 1. The van der Waals surface area contributed by atoms with E-state index in [1.807, 2.05) is 13.8 Å². The van der Waals surface area contributed by atoms with Gasteiger partial charge in [0.05, 0.1) is 12.9 Å². The van der Waals surface area contributed by atoms with Gasteiger partial charge < -0.3 is 24.6 Å². The molecule has 4 unspecified atom stereocenters. The van der Waals surface area contributed by atoms with E-state index in [2.05, 4.69) is 36.4 Å². The Morgan fingerprint density at radius 2 is 2.00 bits per heavy atom. The molecular weight excluding hydrogens is 402 g/mol. The molecule has 3 aliphatic heterocycles. The second-order valence-electron chi connectivity index (χ2n) is 8.42. The number of terminal acetylenes is 1. The van der Waals surface area contributed by atoms with Crippen LogP contribution in [0.3, 0.4) is 0 Å². The van der Waals surface area contributed by atoms with E-state index in [1.165, 1.54) is 6.33 Å². The molecular formula is C20H25N7O4. The zero-order chi connectivity index (χ0) is 21.6. The fourth-order valence-corrected chi connectivity index (χ4v) is 4.25. The molecule has 2 saturated heterocycles. The summed E-state index contributed by atoms with van der Waals surface area (Å²) in [6.07, 6.45) is 8.86. The molecule has 0 aliphatic carbocycles. The van der Waals surface area contributed by atoms with Gasteiger partial charge in [-0.2, -0.15) is 10.2 Å². The summed E-state index contributed by atoms with van der Waals surface area (Å²) in [5.74, 6) is 2.50. The van der Waals surface area contributed by atoms with Crippen molar-refractivity contribution in [2.45, 2.75) is 69.1 Å². The number of nitrogens with zero attached hydrogens (tertiary/aromatic N) is 6. The van der Waals surface area contributed by atoms with Crippen molar-refractivity contribution in [2.24, 2.45) is 10.2 Å². The zero-order valence-electron chi connectivity index (χ0n) is 17.4. The fourth-order valence-electron chi connectivity index (χ4n) is 4.25. The predicted molar refractivity (Wildman–Crippen MR) is 109 cm³/mol. The van der Waals surface area contributed by atoms with Gasteiger partial charge in [-0.05, 0) is 13.8 Å². The van der Waals surface area contributed by atoms with Gasteiger partial charge in [0.1, 0.15) is 24.6 Å². The highest BCUT2D eigenvalue weighted by Gasteiger charge is 2.56. The van der Waals surface area contributed by atoms with Crippen LogP contribution >= 0.6 is 0 Å². The van der Waals surface area contributed by atoms with Gasteiger partial charge in [-0.15, -0.1) is 12.3 Å². The van der Waals surface area contributed by atoms with Crippen LogP contribution in [0.5, 0.6) is 0 Å². The number of hydrogen-bond acceptors (Lipinski definition) is 10. The summed E-state index contributed by atoms with van der Waals surface area (Å²) in [6.45, 7) is 4.16. The lowest BCUT2D eigenvalue weighted by atomic mass is 10.0. The topological polar surface area (TPSA) is 128 Å². The zero-order valence-corrected chi connectivity index (χ0v) is 17.4. The van der Waals surface area contributed by atoms with Crippen molar-refractivity contribution in [3.63, 3.8) is 0 Å². The van der Waals surface area contributed by atoms with Crippen LogP contribution in [0.1, 0.15) is 39.3 Å². The lowest BCUT2D eigenvalue weighted by Crippen LogP contribution is -2.31. The Bertz CT molecular complexity index is 1040. The lowest BCUT2D eigenvalue weighted by Gasteiger charge is -2.24. The normalized spacial score (nSPS) is 29.7. The number of hydrogen-bond donors (Lipinski definition) is 2. The third-order valence-electron chi connectivity index (χ3n) is 5.81. The number of fused-ring (bicyclic) bond motifs is 2. The monoisotopic (exact) mass is 427 g/mol. The first-order valence-electron chi connectivity index (χ1n) is 10.4. The Morgan fingerprint density at radius 3 is 2.74 bits per heavy atom. The second-order valence-corrected chi connectivity index (χ2v) is 8.42. The molecule has 2 N–H and O–H groups in total. The molecule has 5 heterocycles. The number of aromatic nitrogens is 4. The maximum Gasteiger partial charge on any atom is 0.193 e. The summed E-state index contributed by atoms with van der Waals surface area (Å²) < 4.78 is 19.8. The summed E-state index contributed by atoms with van der Waals surface area (Å²) in [4.78, 5) is 13.3. The van der Waals surface area contributed by atoms with Crippen molar-refractivity contribution in [3.8, 4) is 12.3 Å². The van der Waals surface area contributed by atoms with E-state index in [0.29, 0.717) is 29.9 Å². The molecule has 11 nitrogen and oxygen atoms in total. The maximum absolute atomic E-state index is 9.73. The molecule has 0 amide bonds. The van der Waals surface area contributed by atoms with Crippen molar-refractivity contribution in [2.75, 3.05) is 18.5 Å². The van der Waals surface area contributed by atoms with E-state index in [0.717, 1.165) is 12.8 Å². The SMILES string of the molecule is C#CCCC1(CCNc2ncnc3c2ncn3C2OC(CO)C3OC(C)(C)OC32)N=N1. The molecule has 4 atom stereocenters. The highest BCUT2D eigenvalue weighted by Crippen LogP contribution is 2.43. The first-order valence-corrected chi connectivity index (χ1v) is 10.4. The fraction of sp³-hybridized carbons (Fsp3) is 0.650. The quantitative estimate of drug-likeness (QED) is 0.608. The van der Waals surface area contributed by atoms with Gasteiger partial charge in [-0.3, -0.25) is 4.57 Å². The van der Waals surface area contributed by atoms with Gasteiger partial charge in [0, 0.05) is 25.8 Å². The Labute approximate surface area is 179 Å². The Balaban J connectivity index is 1.33. The van der Waals surface area contributed by atoms with Crippen molar-refractivity contribution in [3.05, 3.63) is 12.7 Å². The smallest absolute Gasteiger partial charge is 0.193 e. The number of aliphatic hydroxyl groups is 1. The molecule has 31 heavy (non-hydrogen) atoms. The van der Waals surface area contributed by atoms with Crippen LogP contribution in [0, 0.1) is 12.3 Å². The maximum atomic E-state index is 9.73. The molecule has 2 aromatic rings. The number of aliphatic hydroxyl groups excluding tert-OH is 1. The van der Waals surface area contributed by atoms with Crippen molar-refractivity contribution in [1.82, 2.24) is 19.5 Å². The van der Waals surface area contributed by atoms with Crippen LogP contribution in [0.4, 0.5) is 5.82 Å². The molecule has 2 fully saturated rings. The number of imidazole rings is 1. The van der Waals surface area contributed by atoms with Crippen LogP contribution < -0.4 is 5.32 Å². The molecule has 0 spiro atoms. The first kappa shape index (κ1) is 20.3. The minimum atomic E-state index is -0.753. The van der Waals surface area contributed by atoms with E-state index in [1.54, 1.807) is 10.9 Å². The minimum Gasteiger partial charge on any atom is -0.394 e. The third kappa shape index (κ3) is 3.65. The Hall–Kier alpha value is -2.65. The van der Waals surface area contributed by atoms with Gasteiger partial charge in [0.2, 0.25) is 0 Å². The van der Waals surface area contributed by atoms with E-state index < -0.39 is 18.1 Å². The number of ether oxygens (including phenoxy) is 3. The summed E-state index contributed by atoms with van der Waals surface area (Å²) >= 11 is 0. The van der Waals surface area contributed by atoms with Crippen molar-refractivity contribution in [1.29, 1.82) is 0 Å².